The van der Waals surface area contributed by atoms with Crippen LogP contribution < -0.4 is 0 Å². The summed E-state index contributed by atoms with van der Waals surface area (Å²) in [6.07, 6.45) is 1.47. The van der Waals surface area contributed by atoms with Crippen molar-refractivity contribution in [1.82, 2.24) is 0 Å². The van der Waals surface area contributed by atoms with Gasteiger partial charge in [-0.2, -0.15) is 0 Å². The quantitative estimate of drug-likeness (QED) is 0.483. The Balaban J connectivity index is 4.35. The van der Waals surface area contributed by atoms with E-state index in [1.165, 1.54) is 0 Å². The Morgan fingerprint density at radius 1 is 0.583 bits per heavy atom. The first kappa shape index (κ1) is 22.9. The van der Waals surface area contributed by atoms with Crippen LogP contribution in [0.1, 0.15) is 82.1 Å². The van der Waals surface area contributed by atoms with E-state index in [1.54, 1.807) is 0 Å². The molecule has 4 nitrogen and oxygen atoms in total. The van der Waals surface area contributed by atoms with Gasteiger partial charge in [0.25, 0.3) is 0 Å². The Morgan fingerprint density at radius 2 is 0.833 bits per heavy atom. The van der Waals surface area contributed by atoms with E-state index in [-0.39, 0.29) is 36.0 Å². The average molecular weight is 343 g/mol. The number of carbonyl (C=O) groups is 2. The summed E-state index contributed by atoms with van der Waals surface area (Å²) in [7, 11) is 0. The Hall–Kier alpha value is -1.06. The average Bonchev–Trinajstić information content (AvgIpc) is 2.27. The lowest BCUT2D eigenvalue weighted by Gasteiger charge is -2.31. The van der Waals surface area contributed by atoms with E-state index >= 15 is 0 Å². The highest BCUT2D eigenvalue weighted by atomic mass is 16.6. The third-order valence-corrected chi connectivity index (χ3v) is 3.60. The molecule has 0 amide bonds. The third-order valence-electron chi connectivity index (χ3n) is 3.60. The lowest BCUT2D eigenvalue weighted by Crippen LogP contribution is -2.34. The Bertz CT molecular complexity index is 392. The zero-order valence-corrected chi connectivity index (χ0v) is 17.5. The van der Waals surface area contributed by atoms with Gasteiger partial charge in [0.2, 0.25) is 0 Å². The molecule has 0 unspecified atom stereocenters. The summed E-state index contributed by atoms with van der Waals surface area (Å²) < 4.78 is 10.6. The van der Waals surface area contributed by atoms with Crippen molar-refractivity contribution in [3.8, 4) is 0 Å². The molecular formula is C20H38O4. The van der Waals surface area contributed by atoms with Gasteiger partial charge in [-0.1, -0.05) is 41.5 Å². The zero-order chi connectivity index (χ0) is 19.4. The lowest BCUT2D eigenvalue weighted by atomic mass is 9.76. The molecule has 0 spiro atoms. The molecule has 0 aromatic rings. The van der Waals surface area contributed by atoms with Crippen LogP contribution in [0.15, 0.2) is 0 Å². The fourth-order valence-electron chi connectivity index (χ4n) is 3.46. The molecule has 0 heterocycles. The van der Waals surface area contributed by atoms with Gasteiger partial charge in [0, 0.05) is 0 Å². The van der Waals surface area contributed by atoms with E-state index in [1.807, 2.05) is 27.7 Å². The number of esters is 2. The second-order valence-corrected chi connectivity index (χ2v) is 10.5. The van der Waals surface area contributed by atoms with Gasteiger partial charge >= 0.3 is 11.9 Å². The normalized spacial score (nSPS) is 13.6. The van der Waals surface area contributed by atoms with E-state index in [2.05, 4.69) is 41.5 Å². The summed E-state index contributed by atoms with van der Waals surface area (Å²) in [5.74, 6) is -0.496. The Kier molecular flexibility index (Phi) is 7.53. The van der Waals surface area contributed by atoms with Crippen molar-refractivity contribution in [3.63, 3.8) is 0 Å². The number of hydrogen-bond acceptors (Lipinski definition) is 4. The predicted molar refractivity (Wildman–Crippen MR) is 97.6 cm³/mol. The van der Waals surface area contributed by atoms with Crippen LogP contribution in [-0.4, -0.2) is 25.2 Å². The molecule has 24 heavy (non-hydrogen) atoms. The molecule has 0 rings (SSSR count). The fourth-order valence-corrected chi connectivity index (χ4v) is 3.46. The van der Waals surface area contributed by atoms with Crippen molar-refractivity contribution in [3.05, 3.63) is 0 Å². The third kappa shape index (κ3) is 9.29. The van der Waals surface area contributed by atoms with Crippen LogP contribution in [0.3, 0.4) is 0 Å². The van der Waals surface area contributed by atoms with Gasteiger partial charge in [0.1, 0.15) is 13.2 Å². The van der Waals surface area contributed by atoms with Gasteiger partial charge in [0.15, 0.2) is 0 Å². The maximum absolute atomic E-state index is 12.2. The maximum atomic E-state index is 12.2. The minimum absolute atomic E-state index is 0.0476. The standard InChI is InChI=1S/C20H38O4/c1-17(2,3)13-19(7,8)15(21)23-11-12-24-16(22)20(9,10)14-18(4,5)6/h11-14H2,1-10H3. The SMILES string of the molecule is CC(C)(C)CC(C)(C)C(=O)OCCOC(=O)C(C)(C)CC(C)(C)C. The summed E-state index contributed by atoms with van der Waals surface area (Å²) in [5.41, 5.74) is -1.00. The molecule has 0 saturated heterocycles. The van der Waals surface area contributed by atoms with Crippen LogP contribution >= 0.6 is 0 Å². The summed E-state index contributed by atoms with van der Waals surface area (Å²) in [6.45, 7) is 20.3. The van der Waals surface area contributed by atoms with Crippen molar-refractivity contribution >= 4 is 11.9 Å². The highest BCUT2D eigenvalue weighted by molar-refractivity contribution is 5.76. The molecule has 142 valence electrons. The largest absolute Gasteiger partial charge is 0.462 e. The van der Waals surface area contributed by atoms with E-state index in [0.717, 1.165) is 12.8 Å². The fraction of sp³-hybridized carbons (Fsp3) is 0.900. The van der Waals surface area contributed by atoms with Crippen molar-refractivity contribution < 1.29 is 19.1 Å². The molecule has 0 aromatic carbocycles. The molecule has 0 atom stereocenters. The second-order valence-electron chi connectivity index (χ2n) is 10.5. The van der Waals surface area contributed by atoms with E-state index in [4.69, 9.17) is 9.47 Å². The number of ether oxygens (including phenoxy) is 2. The van der Waals surface area contributed by atoms with Crippen LogP contribution in [0.4, 0.5) is 0 Å². The molecule has 0 radical (unpaired) electrons. The van der Waals surface area contributed by atoms with Crippen LogP contribution in [0.5, 0.6) is 0 Å². The topological polar surface area (TPSA) is 52.6 Å². The molecular weight excluding hydrogens is 304 g/mol. The van der Waals surface area contributed by atoms with Crippen LogP contribution in [0.2, 0.25) is 0 Å². The van der Waals surface area contributed by atoms with E-state index in [9.17, 15) is 9.59 Å². The van der Waals surface area contributed by atoms with Crippen molar-refractivity contribution in [2.45, 2.75) is 82.1 Å². The molecule has 0 fully saturated rings. The number of carbonyl (C=O) groups excluding carboxylic acids is 2. The summed E-state index contributed by atoms with van der Waals surface area (Å²) in [4.78, 5) is 24.4. The van der Waals surface area contributed by atoms with Crippen LogP contribution in [0.25, 0.3) is 0 Å². The molecule has 4 heteroatoms. The maximum Gasteiger partial charge on any atom is 0.311 e. The highest BCUT2D eigenvalue weighted by Crippen LogP contribution is 2.35. The summed E-state index contributed by atoms with van der Waals surface area (Å²) in [6, 6.07) is 0. The Labute approximate surface area is 148 Å². The molecule has 0 N–H and O–H groups in total. The van der Waals surface area contributed by atoms with Crippen molar-refractivity contribution in [2.75, 3.05) is 13.2 Å². The first-order chi connectivity index (χ1) is 10.5. The number of rotatable bonds is 7. The first-order valence-electron chi connectivity index (χ1n) is 8.81. The van der Waals surface area contributed by atoms with Gasteiger partial charge in [-0.05, 0) is 51.4 Å². The molecule has 0 aliphatic carbocycles. The lowest BCUT2D eigenvalue weighted by molar-refractivity contribution is -0.164. The minimum atomic E-state index is -0.548. The van der Waals surface area contributed by atoms with E-state index < -0.39 is 10.8 Å². The molecule has 0 saturated carbocycles. The van der Waals surface area contributed by atoms with Crippen LogP contribution in [-0.2, 0) is 19.1 Å². The molecule has 0 aromatic heterocycles. The van der Waals surface area contributed by atoms with Gasteiger partial charge in [-0.25, -0.2) is 0 Å². The predicted octanol–water partition coefficient (Wildman–Crippen LogP) is 5.00. The minimum Gasteiger partial charge on any atom is -0.462 e. The smallest absolute Gasteiger partial charge is 0.311 e. The molecule has 0 aliphatic rings. The Morgan fingerprint density at radius 3 is 1.04 bits per heavy atom. The van der Waals surface area contributed by atoms with Gasteiger partial charge in [-0.15, -0.1) is 0 Å². The summed E-state index contributed by atoms with van der Waals surface area (Å²) in [5, 5.41) is 0. The highest BCUT2D eigenvalue weighted by Gasteiger charge is 2.35. The van der Waals surface area contributed by atoms with Crippen LogP contribution in [0, 0.1) is 21.7 Å². The monoisotopic (exact) mass is 342 g/mol. The van der Waals surface area contributed by atoms with E-state index in [0.29, 0.717) is 0 Å². The first-order valence-corrected chi connectivity index (χ1v) is 8.81. The van der Waals surface area contributed by atoms with Crippen molar-refractivity contribution in [1.29, 1.82) is 0 Å². The van der Waals surface area contributed by atoms with Crippen molar-refractivity contribution in [2.24, 2.45) is 21.7 Å². The number of hydrogen-bond donors (Lipinski definition) is 0. The van der Waals surface area contributed by atoms with Gasteiger partial charge < -0.3 is 9.47 Å². The molecule has 0 aliphatic heterocycles. The summed E-state index contributed by atoms with van der Waals surface area (Å²) >= 11 is 0. The van der Waals surface area contributed by atoms with Gasteiger partial charge in [0.05, 0.1) is 10.8 Å². The second kappa shape index (κ2) is 7.88. The van der Waals surface area contributed by atoms with Gasteiger partial charge in [-0.3, -0.25) is 9.59 Å². The zero-order valence-electron chi connectivity index (χ0n) is 17.5. The molecule has 0 bridgehead atoms.